The molecule has 1 atom stereocenters. The Morgan fingerprint density at radius 2 is 2.47 bits per heavy atom. The minimum Gasteiger partial charge on any atom is -0.365 e. The van der Waals surface area contributed by atoms with E-state index in [0.717, 1.165) is 5.69 Å². The number of hydrogen-bond donors (Lipinski definition) is 1. The maximum atomic E-state index is 11.5. The third-order valence-electron chi connectivity index (χ3n) is 2.67. The average molecular weight is 236 g/mol. The standard InChI is InChI=1S/C11H16N4O2/c1-8-3-4-13-11(14-8)15-5-6-17-9(7-15)10(16)12-2/h3-4,9H,5-7H2,1-2H3,(H,12,16)/t9-/m1/s1. The molecule has 0 unspecified atom stereocenters. The number of carbonyl (C=O) groups excluding carboxylic acids is 1. The van der Waals surface area contributed by atoms with Crippen molar-refractivity contribution in [3.8, 4) is 0 Å². The molecule has 0 radical (unpaired) electrons. The number of amides is 1. The number of morpholine rings is 1. The molecule has 0 aliphatic carbocycles. The minimum atomic E-state index is -0.446. The molecule has 1 N–H and O–H groups in total. The van der Waals surface area contributed by atoms with E-state index >= 15 is 0 Å². The molecule has 2 rings (SSSR count). The van der Waals surface area contributed by atoms with Gasteiger partial charge in [-0.2, -0.15) is 0 Å². The van der Waals surface area contributed by atoms with Crippen molar-refractivity contribution in [2.24, 2.45) is 0 Å². The predicted octanol–water partition coefficient (Wildman–Crippen LogP) is -0.264. The molecule has 2 heterocycles. The van der Waals surface area contributed by atoms with Crippen molar-refractivity contribution in [1.29, 1.82) is 0 Å². The molecule has 1 saturated heterocycles. The lowest BCUT2D eigenvalue weighted by atomic mass is 10.2. The van der Waals surface area contributed by atoms with Crippen molar-refractivity contribution in [2.45, 2.75) is 13.0 Å². The van der Waals surface area contributed by atoms with E-state index in [1.54, 1.807) is 13.2 Å². The largest absolute Gasteiger partial charge is 0.365 e. The lowest BCUT2D eigenvalue weighted by Gasteiger charge is -2.31. The summed E-state index contributed by atoms with van der Waals surface area (Å²) in [7, 11) is 1.60. The molecule has 0 saturated carbocycles. The van der Waals surface area contributed by atoms with Crippen LogP contribution in [0.5, 0.6) is 0 Å². The van der Waals surface area contributed by atoms with E-state index in [1.165, 1.54) is 0 Å². The number of likely N-dealkylation sites (N-methyl/N-ethyl adjacent to an activating group) is 1. The zero-order chi connectivity index (χ0) is 12.3. The van der Waals surface area contributed by atoms with Crippen LogP contribution in [0.2, 0.25) is 0 Å². The number of rotatable bonds is 2. The zero-order valence-electron chi connectivity index (χ0n) is 10.0. The van der Waals surface area contributed by atoms with Gasteiger partial charge in [0.2, 0.25) is 5.95 Å². The van der Waals surface area contributed by atoms with E-state index < -0.39 is 6.10 Å². The maximum Gasteiger partial charge on any atom is 0.250 e. The number of carbonyl (C=O) groups is 1. The van der Waals surface area contributed by atoms with E-state index in [2.05, 4.69) is 15.3 Å². The van der Waals surface area contributed by atoms with E-state index in [9.17, 15) is 4.79 Å². The van der Waals surface area contributed by atoms with Gasteiger partial charge in [0.15, 0.2) is 6.10 Å². The number of aromatic nitrogens is 2. The van der Waals surface area contributed by atoms with Gasteiger partial charge in [0, 0.05) is 25.5 Å². The van der Waals surface area contributed by atoms with Crippen LogP contribution < -0.4 is 10.2 Å². The topological polar surface area (TPSA) is 67.4 Å². The van der Waals surface area contributed by atoms with Crippen LogP contribution in [0.1, 0.15) is 5.69 Å². The van der Waals surface area contributed by atoms with Crippen molar-refractivity contribution in [3.05, 3.63) is 18.0 Å². The predicted molar refractivity (Wildman–Crippen MR) is 62.8 cm³/mol. The molecule has 0 bridgehead atoms. The van der Waals surface area contributed by atoms with Crippen LogP contribution in [0.15, 0.2) is 12.3 Å². The van der Waals surface area contributed by atoms with Crippen molar-refractivity contribution in [1.82, 2.24) is 15.3 Å². The first-order valence-electron chi connectivity index (χ1n) is 5.58. The molecule has 17 heavy (non-hydrogen) atoms. The number of anilines is 1. The van der Waals surface area contributed by atoms with Crippen LogP contribution in [-0.2, 0) is 9.53 Å². The summed E-state index contributed by atoms with van der Waals surface area (Å²) in [4.78, 5) is 22.0. The number of ether oxygens (including phenoxy) is 1. The summed E-state index contributed by atoms with van der Waals surface area (Å²) >= 11 is 0. The quantitative estimate of drug-likeness (QED) is 0.766. The first-order valence-corrected chi connectivity index (χ1v) is 5.58. The molecule has 92 valence electrons. The van der Waals surface area contributed by atoms with Crippen molar-refractivity contribution in [3.63, 3.8) is 0 Å². The highest BCUT2D eigenvalue weighted by atomic mass is 16.5. The van der Waals surface area contributed by atoms with Crippen LogP contribution in [0, 0.1) is 6.92 Å². The second-order valence-corrected chi connectivity index (χ2v) is 3.92. The summed E-state index contributed by atoms with van der Waals surface area (Å²) in [6, 6.07) is 1.85. The Morgan fingerprint density at radius 1 is 1.65 bits per heavy atom. The number of nitrogens with one attached hydrogen (secondary N) is 1. The Hall–Kier alpha value is -1.69. The second-order valence-electron chi connectivity index (χ2n) is 3.92. The van der Waals surface area contributed by atoms with Crippen molar-refractivity contribution >= 4 is 11.9 Å². The summed E-state index contributed by atoms with van der Waals surface area (Å²) in [5, 5.41) is 2.59. The number of nitrogens with zero attached hydrogens (tertiary/aromatic N) is 3. The molecular weight excluding hydrogens is 220 g/mol. The second kappa shape index (κ2) is 5.09. The van der Waals surface area contributed by atoms with E-state index in [4.69, 9.17) is 4.74 Å². The molecular formula is C11H16N4O2. The molecule has 0 aromatic carbocycles. The van der Waals surface area contributed by atoms with Gasteiger partial charge in [-0.05, 0) is 13.0 Å². The average Bonchev–Trinajstić information content (AvgIpc) is 2.38. The van der Waals surface area contributed by atoms with Gasteiger partial charge in [0.25, 0.3) is 5.91 Å². The normalized spacial score (nSPS) is 20.1. The fraction of sp³-hybridized carbons (Fsp3) is 0.545. The molecule has 1 aromatic heterocycles. The van der Waals surface area contributed by atoms with Gasteiger partial charge in [-0.25, -0.2) is 9.97 Å². The fourth-order valence-electron chi connectivity index (χ4n) is 1.74. The summed E-state index contributed by atoms with van der Waals surface area (Å²) in [6.07, 6.45) is 1.28. The number of hydrogen-bond acceptors (Lipinski definition) is 5. The zero-order valence-corrected chi connectivity index (χ0v) is 10.0. The van der Waals surface area contributed by atoms with Gasteiger partial charge in [-0.15, -0.1) is 0 Å². The van der Waals surface area contributed by atoms with E-state index in [1.807, 2.05) is 17.9 Å². The van der Waals surface area contributed by atoms with Crippen LogP contribution in [-0.4, -0.2) is 48.7 Å². The van der Waals surface area contributed by atoms with Gasteiger partial charge in [0.1, 0.15) is 0 Å². The Labute approximate surface area is 100 Å². The first-order chi connectivity index (χ1) is 8.20. The SMILES string of the molecule is CNC(=O)[C@H]1CN(c2nccc(C)n2)CCO1. The fourth-order valence-corrected chi connectivity index (χ4v) is 1.74. The van der Waals surface area contributed by atoms with Crippen molar-refractivity contribution < 1.29 is 9.53 Å². The highest BCUT2D eigenvalue weighted by Crippen LogP contribution is 2.12. The Bertz CT molecular complexity index is 410. The van der Waals surface area contributed by atoms with Crippen molar-refractivity contribution in [2.75, 3.05) is 31.6 Å². The first kappa shape index (κ1) is 11.8. The van der Waals surface area contributed by atoms with E-state index in [-0.39, 0.29) is 5.91 Å². The maximum absolute atomic E-state index is 11.5. The molecule has 0 spiro atoms. The Morgan fingerprint density at radius 3 is 3.18 bits per heavy atom. The lowest BCUT2D eigenvalue weighted by molar-refractivity contribution is -0.132. The van der Waals surface area contributed by atoms with Gasteiger partial charge in [-0.1, -0.05) is 0 Å². The lowest BCUT2D eigenvalue weighted by Crippen LogP contribution is -2.49. The van der Waals surface area contributed by atoms with Gasteiger partial charge in [0.05, 0.1) is 13.2 Å². The Kier molecular flexibility index (Phi) is 3.53. The van der Waals surface area contributed by atoms with Crippen LogP contribution in [0.4, 0.5) is 5.95 Å². The molecule has 1 aliphatic rings. The summed E-state index contributed by atoms with van der Waals surface area (Å²) in [5.41, 5.74) is 0.915. The third kappa shape index (κ3) is 2.71. The highest BCUT2D eigenvalue weighted by molar-refractivity contribution is 5.81. The van der Waals surface area contributed by atoms with Crippen LogP contribution in [0.3, 0.4) is 0 Å². The monoisotopic (exact) mass is 236 g/mol. The third-order valence-corrected chi connectivity index (χ3v) is 2.67. The van der Waals surface area contributed by atoms with Gasteiger partial charge >= 0.3 is 0 Å². The van der Waals surface area contributed by atoms with Gasteiger partial charge < -0.3 is 15.0 Å². The molecule has 1 amide bonds. The molecule has 6 heteroatoms. The summed E-state index contributed by atoms with van der Waals surface area (Å²) < 4.78 is 5.40. The van der Waals surface area contributed by atoms with Gasteiger partial charge in [-0.3, -0.25) is 4.79 Å². The molecule has 1 fully saturated rings. The Balaban J connectivity index is 2.09. The highest BCUT2D eigenvalue weighted by Gasteiger charge is 2.27. The van der Waals surface area contributed by atoms with Crippen LogP contribution >= 0.6 is 0 Å². The molecule has 6 nitrogen and oxygen atoms in total. The minimum absolute atomic E-state index is 0.109. The molecule has 1 aromatic rings. The van der Waals surface area contributed by atoms with Crippen LogP contribution in [0.25, 0.3) is 0 Å². The smallest absolute Gasteiger partial charge is 0.250 e. The summed E-state index contributed by atoms with van der Waals surface area (Å²) in [5.74, 6) is 0.546. The molecule has 1 aliphatic heterocycles. The van der Waals surface area contributed by atoms with E-state index in [0.29, 0.717) is 25.6 Å². The number of aryl methyl sites for hydroxylation is 1. The summed E-state index contributed by atoms with van der Waals surface area (Å²) in [6.45, 7) is 3.62.